The van der Waals surface area contributed by atoms with Crippen LogP contribution in [0.25, 0.3) is 0 Å². The summed E-state index contributed by atoms with van der Waals surface area (Å²) in [5.41, 5.74) is 1.24. The molecule has 0 bridgehead atoms. The third kappa shape index (κ3) is 2.00. The fraction of sp³-hybridized carbons (Fsp3) is 0.417. The Balaban J connectivity index is 2.28. The van der Waals surface area contributed by atoms with Crippen molar-refractivity contribution in [3.8, 4) is 0 Å². The number of ether oxygens (including phenoxy) is 1. The summed E-state index contributed by atoms with van der Waals surface area (Å²) in [7, 11) is 1.69. The molecule has 0 saturated carbocycles. The zero-order chi connectivity index (χ0) is 11.4. The second-order valence-corrected chi connectivity index (χ2v) is 3.87. The molecular formula is C12H16N2O2. The topological polar surface area (TPSA) is 50.4 Å². The number of aldehydes is 1. The minimum absolute atomic E-state index is 0.473. The lowest BCUT2D eigenvalue weighted by Crippen LogP contribution is -2.57. The molecule has 16 heavy (non-hydrogen) atoms. The van der Waals surface area contributed by atoms with Gasteiger partial charge in [-0.05, 0) is 5.56 Å². The third-order valence-electron chi connectivity index (χ3n) is 2.95. The fourth-order valence-electron chi connectivity index (χ4n) is 1.98. The molecule has 86 valence electrons. The highest BCUT2D eigenvalue weighted by Gasteiger charge is 2.33. The standard InChI is InChI=1S/C12H16N2O2/c1-16-12(9-13-6-7-14-12)11-4-2-10(8-15)3-5-11/h2-5,8,13-14H,6-7,9H2,1H3/t12-/m1/s1. The van der Waals surface area contributed by atoms with Crippen molar-refractivity contribution in [2.24, 2.45) is 0 Å². The number of rotatable bonds is 3. The zero-order valence-electron chi connectivity index (χ0n) is 9.32. The summed E-state index contributed by atoms with van der Waals surface area (Å²) in [6.45, 7) is 2.53. The lowest BCUT2D eigenvalue weighted by Gasteiger charge is -2.37. The summed E-state index contributed by atoms with van der Waals surface area (Å²) in [6.07, 6.45) is 0.843. The number of nitrogens with one attached hydrogen (secondary N) is 2. The highest BCUT2D eigenvalue weighted by molar-refractivity contribution is 5.74. The van der Waals surface area contributed by atoms with E-state index < -0.39 is 5.72 Å². The van der Waals surface area contributed by atoms with Gasteiger partial charge < -0.3 is 10.1 Å². The molecule has 4 nitrogen and oxygen atoms in total. The molecule has 1 aliphatic rings. The fourth-order valence-corrected chi connectivity index (χ4v) is 1.98. The molecule has 1 aliphatic heterocycles. The Labute approximate surface area is 95.0 Å². The largest absolute Gasteiger partial charge is 0.358 e. The number of hydrogen-bond acceptors (Lipinski definition) is 4. The van der Waals surface area contributed by atoms with E-state index in [0.29, 0.717) is 5.56 Å². The summed E-state index contributed by atoms with van der Waals surface area (Å²) >= 11 is 0. The number of carbonyl (C=O) groups is 1. The van der Waals surface area contributed by atoms with Gasteiger partial charge in [-0.2, -0.15) is 0 Å². The van der Waals surface area contributed by atoms with Gasteiger partial charge in [0.25, 0.3) is 0 Å². The highest BCUT2D eigenvalue weighted by atomic mass is 16.5. The minimum Gasteiger partial charge on any atom is -0.358 e. The Hall–Kier alpha value is -1.23. The van der Waals surface area contributed by atoms with Crippen LogP contribution < -0.4 is 10.6 Å². The van der Waals surface area contributed by atoms with E-state index >= 15 is 0 Å². The Morgan fingerprint density at radius 1 is 1.31 bits per heavy atom. The van der Waals surface area contributed by atoms with Crippen molar-refractivity contribution in [2.45, 2.75) is 5.72 Å². The highest BCUT2D eigenvalue weighted by Crippen LogP contribution is 2.22. The Bertz CT molecular complexity index is 356. The molecule has 2 N–H and O–H groups in total. The number of methoxy groups -OCH3 is 1. The van der Waals surface area contributed by atoms with Gasteiger partial charge in [0, 0.05) is 32.3 Å². The second-order valence-electron chi connectivity index (χ2n) is 3.87. The van der Waals surface area contributed by atoms with Crippen LogP contribution in [0.2, 0.25) is 0 Å². The second kappa shape index (κ2) is 4.74. The quantitative estimate of drug-likeness (QED) is 0.728. The summed E-state index contributed by atoms with van der Waals surface area (Å²) in [5.74, 6) is 0. The van der Waals surface area contributed by atoms with Crippen LogP contribution in [0.1, 0.15) is 15.9 Å². The number of piperazine rings is 1. The first-order valence-corrected chi connectivity index (χ1v) is 5.37. The molecule has 2 rings (SSSR count). The number of carbonyl (C=O) groups excluding carboxylic acids is 1. The van der Waals surface area contributed by atoms with Crippen molar-refractivity contribution >= 4 is 6.29 Å². The van der Waals surface area contributed by atoms with Crippen LogP contribution in [0, 0.1) is 0 Å². The molecule has 0 aromatic heterocycles. The van der Waals surface area contributed by atoms with Gasteiger partial charge in [-0.3, -0.25) is 10.1 Å². The van der Waals surface area contributed by atoms with Crippen molar-refractivity contribution in [1.82, 2.24) is 10.6 Å². The van der Waals surface area contributed by atoms with E-state index in [4.69, 9.17) is 4.74 Å². The average molecular weight is 220 g/mol. The molecule has 1 fully saturated rings. The van der Waals surface area contributed by atoms with Crippen LogP contribution >= 0.6 is 0 Å². The SMILES string of the molecule is CO[C@@]1(c2ccc(C=O)cc2)CNCCN1. The van der Waals surface area contributed by atoms with Gasteiger partial charge in [-0.1, -0.05) is 24.3 Å². The molecule has 4 heteroatoms. The van der Waals surface area contributed by atoms with Gasteiger partial charge in [-0.25, -0.2) is 0 Å². The molecule has 0 unspecified atom stereocenters. The lowest BCUT2D eigenvalue weighted by molar-refractivity contribution is -0.0536. The lowest BCUT2D eigenvalue weighted by atomic mass is 9.99. The normalized spacial score (nSPS) is 25.3. The predicted molar refractivity (Wildman–Crippen MR) is 61.4 cm³/mol. The summed E-state index contributed by atoms with van der Waals surface area (Å²) in [4.78, 5) is 10.6. The smallest absolute Gasteiger partial charge is 0.157 e. The van der Waals surface area contributed by atoms with E-state index in [-0.39, 0.29) is 0 Å². The monoisotopic (exact) mass is 220 g/mol. The molecular weight excluding hydrogens is 204 g/mol. The van der Waals surface area contributed by atoms with Gasteiger partial charge in [0.05, 0.1) is 0 Å². The van der Waals surface area contributed by atoms with Crippen LogP contribution in [-0.4, -0.2) is 33.0 Å². The van der Waals surface area contributed by atoms with E-state index in [1.807, 2.05) is 12.1 Å². The maximum atomic E-state index is 10.6. The molecule has 1 heterocycles. The Morgan fingerprint density at radius 3 is 2.56 bits per heavy atom. The molecule has 1 atom stereocenters. The van der Waals surface area contributed by atoms with Gasteiger partial charge in [0.15, 0.2) is 5.72 Å². The predicted octanol–water partition coefficient (Wildman–Crippen LogP) is 0.491. The minimum atomic E-state index is -0.473. The van der Waals surface area contributed by atoms with Gasteiger partial charge in [0.2, 0.25) is 0 Å². The molecule has 0 aliphatic carbocycles. The van der Waals surface area contributed by atoms with Crippen molar-refractivity contribution in [2.75, 3.05) is 26.7 Å². The van der Waals surface area contributed by atoms with E-state index in [1.54, 1.807) is 19.2 Å². The first-order chi connectivity index (χ1) is 7.80. The summed E-state index contributed by atoms with van der Waals surface area (Å²) in [6, 6.07) is 7.46. The maximum absolute atomic E-state index is 10.6. The zero-order valence-corrected chi connectivity index (χ0v) is 9.32. The summed E-state index contributed by atoms with van der Waals surface area (Å²) in [5, 5.41) is 6.66. The molecule has 0 amide bonds. The van der Waals surface area contributed by atoms with Crippen molar-refractivity contribution in [3.05, 3.63) is 35.4 Å². The Kier molecular flexibility index (Phi) is 3.33. The molecule has 1 aromatic carbocycles. The first kappa shape index (κ1) is 11.3. The van der Waals surface area contributed by atoms with Gasteiger partial charge >= 0.3 is 0 Å². The number of hydrogen-bond donors (Lipinski definition) is 2. The van der Waals surface area contributed by atoms with Crippen molar-refractivity contribution < 1.29 is 9.53 Å². The van der Waals surface area contributed by atoms with E-state index in [2.05, 4.69) is 10.6 Å². The Morgan fingerprint density at radius 2 is 2.06 bits per heavy atom. The molecule has 0 spiro atoms. The van der Waals surface area contributed by atoms with E-state index in [9.17, 15) is 4.79 Å². The molecule has 0 radical (unpaired) electrons. The van der Waals surface area contributed by atoms with Crippen molar-refractivity contribution in [1.29, 1.82) is 0 Å². The third-order valence-corrected chi connectivity index (χ3v) is 2.95. The van der Waals surface area contributed by atoms with E-state index in [1.165, 1.54) is 0 Å². The molecule has 1 aromatic rings. The number of benzene rings is 1. The first-order valence-electron chi connectivity index (χ1n) is 5.37. The van der Waals surface area contributed by atoms with Crippen LogP contribution in [0.4, 0.5) is 0 Å². The van der Waals surface area contributed by atoms with E-state index in [0.717, 1.165) is 31.5 Å². The summed E-state index contributed by atoms with van der Waals surface area (Å²) < 4.78 is 5.58. The van der Waals surface area contributed by atoms with Crippen LogP contribution in [0.3, 0.4) is 0 Å². The van der Waals surface area contributed by atoms with Crippen LogP contribution in [-0.2, 0) is 10.5 Å². The van der Waals surface area contributed by atoms with Crippen LogP contribution in [0.5, 0.6) is 0 Å². The van der Waals surface area contributed by atoms with Gasteiger partial charge in [-0.15, -0.1) is 0 Å². The maximum Gasteiger partial charge on any atom is 0.157 e. The molecule has 1 saturated heterocycles. The van der Waals surface area contributed by atoms with Gasteiger partial charge in [0.1, 0.15) is 6.29 Å². The van der Waals surface area contributed by atoms with Crippen molar-refractivity contribution in [3.63, 3.8) is 0 Å². The van der Waals surface area contributed by atoms with Crippen LogP contribution in [0.15, 0.2) is 24.3 Å². The average Bonchev–Trinajstić information content (AvgIpc) is 2.39.